The number of benzene rings is 1. The molecule has 0 fully saturated rings. The van der Waals surface area contributed by atoms with Crippen LogP contribution in [0.4, 0.5) is 4.39 Å². The van der Waals surface area contributed by atoms with Gasteiger partial charge in [0, 0.05) is 10.9 Å². The van der Waals surface area contributed by atoms with Gasteiger partial charge in [-0.15, -0.1) is 0 Å². The van der Waals surface area contributed by atoms with E-state index in [1.807, 2.05) is 30.3 Å². The molecule has 1 aromatic rings. The number of alkyl halides is 1. The summed E-state index contributed by atoms with van der Waals surface area (Å²) in [5, 5.41) is 0. The molecule has 3 heteroatoms. The van der Waals surface area contributed by atoms with Crippen LogP contribution < -0.4 is 0 Å². The van der Waals surface area contributed by atoms with Crippen molar-refractivity contribution in [2.45, 2.75) is 19.5 Å². The quantitative estimate of drug-likeness (QED) is 0.762. The molecule has 0 aromatic heterocycles. The van der Waals surface area contributed by atoms with Gasteiger partial charge in [0.25, 0.3) is 0 Å². The third kappa shape index (κ3) is 4.38. The maximum atomic E-state index is 12.5. The summed E-state index contributed by atoms with van der Waals surface area (Å²) >= 11 is 3.29. The Bertz CT molecular complexity index is 357. The van der Waals surface area contributed by atoms with Gasteiger partial charge in [-0.25, -0.2) is 4.39 Å². The lowest BCUT2D eigenvalue weighted by molar-refractivity contribution is -0.115. The summed E-state index contributed by atoms with van der Waals surface area (Å²) in [5.74, 6) is -0.208. The first-order chi connectivity index (χ1) is 7.09. The number of ketones is 1. The Labute approximate surface area is 97.1 Å². The highest BCUT2D eigenvalue weighted by molar-refractivity contribution is 9.15. The molecule has 0 spiro atoms. The number of hydrogen-bond acceptors (Lipinski definition) is 1. The maximum absolute atomic E-state index is 12.5. The van der Waals surface area contributed by atoms with Crippen molar-refractivity contribution in [2.24, 2.45) is 0 Å². The zero-order valence-electron chi connectivity index (χ0n) is 8.41. The smallest absolute Gasteiger partial charge is 0.159 e. The molecule has 0 saturated heterocycles. The number of carbonyl (C=O) groups excluding carboxylic acids is 1. The van der Waals surface area contributed by atoms with Crippen LogP contribution in [0.2, 0.25) is 0 Å². The highest BCUT2D eigenvalue weighted by Crippen LogP contribution is 2.20. The molecule has 0 aliphatic heterocycles. The SMILES string of the molecule is CC(F)CC(=O)/C=C(/Br)c1ccccc1. The van der Waals surface area contributed by atoms with Crippen LogP contribution in [0.25, 0.3) is 4.48 Å². The number of hydrogen-bond donors (Lipinski definition) is 0. The van der Waals surface area contributed by atoms with Crippen molar-refractivity contribution >= 4 is 26.2 Å². The lowest BCUT2D eigenvalue weighted by Crippen LogP contribution is -2.02. The Morgan fingerprint density at radius 1 is 1.47 bits per heavy atom. The van der Waals surface area contributed by atoms with Gasteiger partial charge in [-0.05, 0) is 18.6 Å². The monoisotopic (exact) mass is 270 g/mol. The van der Waals surface area contributed by atoms with Crippen LogP contribution in [0.3, 0.4) is 0 Å². The Balaban J connectivity index is 2.72. The molecular formula is C12H12BrFO. The molecule has 80 valence electrons. The van der Waals surface area contributed by atoms with Crippen LogP contribution in [-0.4, -0.2) is 12.0 Å². The number of carbonyl (C=O) groups is 1. The standard InChI is InChI=1S/C12H12BrFO/c1-9(14)7-11(15)8-12(13)10-5-3-2-4-6-10/h2-6,8-9H,7H2,1H3/b12-8+. The molecule has 0 amide bonds. The van der Waals surface area contributed by atoms with Crippen molar-refractivity contribution < 1.29 is 9.18 Å². The molecule has 1 unspecified atom stereocenters. The van der Waals surface area contributed by atoms with E-state index in [2.05, 4.69) is 15.9 Å². The predicted molar refractivity (Wildman–Crippen MR) is 63.5 cm³/mol. The predicted octanol–water partition coefficient (Wildman–Crippen LogP) is 3.74. The average molecular weight is 271 g/mol. The molecule has 0 saturated carbocycles. The van der Waals surface area contributed by atoms with Gasteiger partial charge in [0.2, 0.25) is 0 Å². The van der Waals surface area contributed by atoms with Crippen LogP contribution >= 0.6 is 15.9 Å². The molecule has 0 N–H and O–H groups in total. The fourth-order valence-corrected chi connectivity index (χ4v) is 1.68. The van der Waals surface area contributed by atoms with Crippen LogP contribution in [0.5, 0.6) is 0 Å². The van der Waals surface area contributed by atoms with Crippen molar-refractivity contribution in [3.05, 3.63) is 42.0 Å². The van der Waals surface area contributed by atoms with Gasteiger partial charge in [0.05, 0.1) is 0 Å². The second kappa shape index (κ2) is 5.81. The second-order valence-electron chi connectivity index (χ2n) is 3.31. The minimum atomic E-state index is -1.09. The minimum Gasteiger partial charge on any atom is -0.295 e. The first-order valence-corrected chi connectivity index (χ1v) is 5.48. The molecule has 1 rings (SSSR count). The van der Waals surface area contributed by atoms with E-state index < -0.39 is 6.17 Å². The van der Waals surface area contributed by atoms with Gasteiger partial charge in [-0.2, -0.15) is 0 Å². The van der Waals surface area contributed by atoms with Crippen LogP contribution in [0.1, 0.15) is 18.9 Å². The number of rotatable bonds is 4. The van der Waals surface area contributed by atoms with E-state index in [1.165, 1.54) is 13.0 Å². The highest BCUT2D eigenvalue weighted by Gasteiger charge is 2.06. The normalized spacial score (nSPS) is 13.7. The minimum absolute atomic E-state index is 0.0675. The summed E-state index contributed by atoms with van der Waals surface area (Å²) in [4.78, 5) is 11.3. The zero-order chi connectivity index (χ0) is 11.3. The van der Waals surface area contributed by atoms with Gasteiger partial charge < -0.3 is 0 Å². The average Bonchev–Trinajstić information content (AvgIpc) is 2.17. The van der Waals surface area contributed by atoms with Gasteiger partial charge in [0.1, 0.15) is 6.17 Å². The van der Waals surface area contributed by atoms with Crippen molar-refractivity contribution in [3.8, 4) is 0 Å². The van der Waals surface area contributed by atoms with Crippen molar-refractivity contribution in [3.63, 3.8) is 0 Å². The molecule has 1 aromatic carbocycles. The first-order valence-electron chi connectivity index (χ1n) is 4.69. The van der Waals surface area contributed by atoms with E-state index in [4.69, 9.17) is 0 Å². The molecule has 1 atom stereocenters. The van der Waals surface area contributed by atoms with E-state index in [-0.39, 0.29) is 12.2 Å². The van der Waals surface area contributed by atoms with Gasteiger partial charge in [-0.1, -0.05) is 46.3 Å². The Morgan fingerprint density at radius 3 is 2.60 bits per heavy atom. The van der Waals surface area contributed by atoms with E-state index >= 15 is 0 Å². The third-order valence-electron chi connectivity index (χ3n) is 1.82. The summed E-state index contributed by atoms with van der Waals surface area (Å²) in [6, 6.07) is 9.42. The molecule has 0 bridgehead atoms. The van der Waals surface area contributed by atoms with Gasteiger partial charge in [0.15, 0.2) is 5.78 Å². The second-order valence-corrected chi connectivity index (χ2v) is 4.16. The molecule has 15 heavy (non-hydrogen) atoms. The van der Waals surface area contributed by atoms with Crippen molar-refractivity contribution in [1.29, 1.82) is 0 Å². The molecule has 0 heterocycles. The number of allylic oxidation sites excluding steroid dienone is 1. The van der Waals surface area contributed by atoms with Crippen molar-refractivity contribution in [1.82, 2.24) is 0 Å². The van der Waals surface area contributed by atoms with Crippen LogP contribution in [0, 0.1) is 0 Å². The molecule has 1 nitrogen and oxygen atoms in total. The first kappa shape index (κ1) is 12.1. The number of halogens is 2. The molecule has 0 aliphatic carbocycles. The Kier molecular flexibility index (Phi) is 4.69. The summed E-state index contributed by atoms with van der Waals surface area (Å²) < 4.78 is 13.2. The van der Waals surface area contributed by atoms with E-state index in [9.17, 15) is 9.18 Å². The maximum Gasteiger partial charge on any atom is 0.159 e. The van der Waals surface area contributed by atoms with E-state index in [0.717, 1.165) is 5.56 Å². The summed E-state index contributed by atoms with van der Waals surface area (Å²) in [5.41, 5.74) is 0.914. The molecule has 0 radical (unpaired) electrons. The van der Waals surface area contributed by atoms with Gasteiger partial charge in [-0.3, -0.25) is 4.79 Å². The van der Waals surface area contributed by atoms with Crippen LogP contribution in [-0.2, 0) is 4.79 Å². The summed E-state index contributed by atoms with van der Waals surface area (Å²) in [6.07, 6.45) is 0.262. The summed E-state index contributed by atoms with van der Waals surface area (Å²) in [7, 11) is 0. The zero-order valence-corrected chi connectivity index (χ0v) is 10.00. The summed E-state index contributed by atoms with van der Waals surface area (Å²) in [6.45, 7) is 1.38. The van der Waals surface area contributed by atoms with Crippen LogP contribution in [0.15, 0.2) is 36.4 Å². The molecular weight excluding hydrogens is 259 g/mol. The topological polar surface area (TPSA) is 17.1 Å². The Hall–Kier alpha value is -0.960. The third-order valence-corrected chi connectivity index (χ3v) is 2.51. The molecule has 0 aliphatic rings. The highest BCUT2D eigenvalue weighted by atomic mass is 79.9. The van der Waals surface area contributed by atoms with E-state index in [0.29, 0.717) is 4.48 Å². The fourth-order valence-electron chi connectivity index (χ4n) is 1.16. The lowest BCUT2D eigenvalue weighted by Gasteiger charge is -2.00. The Morgan fingerprint density at radius 2 is 2.07 bits per heavy atom. The lowest BCUT2D eigenvalue weighted by atomic mass is 10.1. The fraction of sp³-hybridized carbons (Fsp3) is 0.250. The van der Waals surface area contributed by atoms with Crippen molar-refractivity contribution in [2.75, 3.05) is 0 Å². The van der Waals surface area contributed by atoms with E-state index in [1.54, 1.807) is 0 Å². The van der Waals surface area contributed by atoms with Gasteiger partial charge >= 0.3 is 0 Å². The largest absolute Gasteiger partial charge is 0.295 e.